The lowest BCUT2D eigenvalue weighted by molar-refractivity contribution is -0.147. The summed E-state index contributed by atoms with van der Waals surface area (Å²) in [6, 6.07) is 13.4. The van der Waals surface area contributed by atoms with Gasteiger partial charge in [0.2, 0.25) is 0 Å². The highest BCUT2D eigenvalue weighted by Crippen LogP contribution is 2.22. The summed E-state index contributed by atoms with van der Waals surface area (Å²) < 4.78 is 20.3. The first-order valence-corrected chi connectivity index (χ1v) is 12.2. The van der Waals surface area contributed by atoms with E-state index in [0.717, 1.165) is 16.7 Å². The maximum atomic E-state index is 13.5. The highest BCUT2D eigenvalue weighted by atomic mass is 32.2. The molecule has 3 aromatic rings. The van der Waals surface area contributed by atoms with Crippen molar-refractivity contribution in [2.45, 2.75) is 25.4 Å². The van der Waals surface area contributed by atoms with Crippen molar-refractivity contribution in [1.29, 1.82) is 0 Å². The number of rotatable bonds is 10. The number of imidazole rings is 1. The highest BCUT2D eigenvalue weighted by molar-refractivity contribution is 7.98. The van der Waals surface area contributed by atoms with Crippen molar-refractivity contribution in [2.24, 2.45) is 0 Å². The van der Waals surface area contributed by atoms with Crippen LogP contribution >= 0.6 is 11.8 Å². The number of hydrogen-bond donors (Lipinski definition) is 1. The predicted molar refractivity (Wildman–Crippen MR) is 134 cm³/mol. The van der Waals surface area contributed by atoms with Crippen molar-refractivity contribution < 1.29 is 18.7 Å². The zero-order valence-corrected chi connectivity index (χ0v) is 20.3. The van der Waals surface area contributed by atoms with E-state index in [2.05, 4.69) is 10.3 Å². The fourth-order valence-electron chi connectivity index (χ4n) is 3.50. The molecule has 0 spiro atoms. The van der Waals surface area contributed by atoms with Gasteiger partial charge in [0.05, 0.1) is 13.4 Å². The van der Waals surface area contributed by atoms with E-state index < -0.39 is 11.5 Å². The molecule has 0 fully saturated rings. The van der Waals surface area contributed by atoms with Gasteiger partial charge >= 0.3 is 5.97 Å². The second-order valence-electron chi connectivity index (χ2n) is 8.06. The van der Waals surface area contributed by atoms with Gasteiger partial charge in [-0.3, -0.25) is 4.79 Å². The number of carbonyl (C=O) groups is 2. The monoisotopic (exact) mass is 481 g/mol. The molecule has 8 heteroatoms. The fraction of sp³-hybridized carbons (Fsp3) is 0.269. The van der Waals surface area contributed by atoms with Crippen molar-refractivity contribution in [3.8, 4) is 0 Å². The molecule has 1 aromatic heterocycles. The van der Waals surface area contributed by atoms with E-state index in [0.29, 0.717) is 24.3 Å². The zero-order valence-electron chi connectivity index (χ0n) is 19.5. The molecule has 0 aliphatic carbocycles. The van der Waals surface area contributed by atoms with Gasteiger partial charge in [-0.1, -0.05) is 24.3 Å². The van der Waals surface area contributed by atoms with Gasteiger partial charge < -0.3 is 14.6 Å². The molecule has 1 heterocycles. The van der Waals surface area contributed by atoms with E-state index in [1.54, 1.807) is 61.5 Å². The molecular formula is C26H28FN3O3S. The average Bonchev–Trinajstić information content (AvgIpc) is 3.35. The van der Waals surface area contributed by atoms with Crippen LogP contribution in [0.4, 0.5) is 4.39 Å². The van der Waals surface area contributed by atoms with Gasteiger partial charge in [-0.15, -0.1) is 0 Å². The third kappa shape index (κ3) is 6.57. The van der Waals surface area contributed by atoms with Crippen molar-refractivity contribution in [2.75, 3.05) is 19.1 Å². The molecule has 178 valence electrons. The average molecular weight is 482 g/mol. The number of halogens is 1. The Morgan fingerprint density at radius 1 is 1.21 bits per heavy atom. The number of allylic oxidation sites excluding steroid dienone is 1. The van der Waals surface area contributed by atoms with Gasteiger partial charge in [0.15, 0.2) is 0 Å². The lowest BCUT2D eigenvalue weighted by Gasteiger charge is -2.27. The summed E-state index contributed by atoms with van der Waals surface area (Å²) in [4.78, 5) is 29.5. The largest absolute Gasteiger partial charge is 0.467 e. The number of amides is 1. The van der Waals surface area contributed by atoms with Gasteiger partial charge in [0, 0.05) is 24.5 Å². The molecule has 0 aliphatic rings. The molecule has 1 atom stereocenters. The van der Waals surface area contributed by atoms with E-state index in [9.17, 15) is 14.0 Å². The van der Waals surface area contributed by atoms with Gasteiger partial charge in [0.1, 0.15) is 11.4 Å². The van der Waals surface area contributed by atoms with Crippen LogP contribution in [-0.2, 0) is 16.1 Å². The summed E-state index contributed by atoms with van der Waals surface area (Å²) >= 11 is 1.59. The third-order valence-electron chi connectivity index (χ3n) is 5.45. The van der Waals surface area contributed by atoms with Crippen molar-refractivity contribution >= 4 is 35.3 Å². The second-order valence-corrected chi connectivity index (χ2v) is 9.04. The number of thioether (sulfide) groups is 1. The van der Waals surface area contributed by atoms with Crippen LogP contribution in [0.3, 0.4) is 0 Å². The molecule has 1 amide bonds. The molecule has 3 rings (SSSR count). The van der Waals surface area contributed by atoms with E-state index >= 15 is 0 Å². The van der Waals surface area contributed by atoms with E-state index in [1.807, 2.05) is 29.2 Å². The van der Waals surface area contributed by atoms with Gasteiger partial charge in [-0.05, 0) is 72.4 Å². The highest BCUT2D eigenvalue weighted by Gasteiger charge is 2.35. The van der Waals surface area contributed by atoms with Crippen molar-refractivity contribution in [3.63, 3.8) is 0 Å². The number of aromatic nitrogens is 2. The Morgan fingerprint density at radius 2 is 1.97 bits per heavy atom. The summed E-state index contributed by atoms with van der Waals surface area (Å²) in [6.45, 7) is 2.20. The second kappa shape index (κ2) is 11.7. The number of esters is 1. The van der Waals surface area contributed by atoms with Crippen LogP contribution in [0.5, 0.6) is 0 Å². The Bertz CT molecular complexity index is 1150. The van der Waals surface area contributed by atoms with Crippen LogP contribution in [0.1, 0.15) is 34.8 Å². The molecule has 0 aliphatic heterocycles. The van der Waals surface area contributed by atoms with E-state index in [1.165, 1.54) is 19.2 Å². The predicted octanol–water partition coefficient (Wildman–Crippen LogP) is 4.68. The van der Waals surface area contributed by atoms with Gasteiger partial charge in [0.25, 0.3) is 5.91 Å². The first-order chi connectivity index (χ1) is 16.3. The molecular weight excluding hydrogens is 453 g/mol. The molecule has 0 bridgehead atoms. The SMILES string of the molecule is COC(=O)[C@](C)(CCSC)NC(=O)c1cccc(/C=C(/Cn2ccnc2)c2ccc(F)cc2)c1. The van der Waals surface area contributed by atoms with E-state index in [-0.39, 0.29) is 11.7 Å². The van der Waals surface area contributed by atoms with E-state index in [4.69, 9.17) is 4.74 Å². The number of nitrogens with zero attached hydrogens (tertiary/aromatic N) is 2. The van der Waals surface area contributed by atoms with Crippen LogP contribution in [0.2, 0.25) is 0 Å². The third-order valence-corrected chi connectivity index (χ3v) is 6.06. The summed E-state index contributed by atoms with van der Waals surface area (Å²) in [5.74, 6) is -0.448. The van der Waals surface area contributed by atoms with Gasteiger partial charge in [-0.2, -0.15) is 11.8 Å². The lowest BCUT2D eigenvalue weighted by Crippen LogP contribution is -2.53. The summed E-state index contributed by atoms with van der Waals surface area (Å²) in [6.07, 6.45) is 9.61. The normalized spacial score (nSPS) is 13.2. The number of benzene rings is 2. The van der Waals surface area contributed by atoms with Crippen LogP contribution in [-0.4, -0.2) is 46.1 Å². The quantitative estimate of drug-likeness (QED) is 0.336. The summed E-state index contributed by atoms with van der Waals surface area (Å²) in [5, 5.41) is 2.85. The van der Waals surface area contributed by atoms with Crippen LogP contribution in [0, 0.1) is 5.82 Å². The summed E-state index contributed by atoms with van der Waals surface area (Å²) in [5.41, 5.74) is 1.89. The van der Waals surface area contributed by atoms with Crippen molar-refractivity contribution in [3.05, 3.63) is 89.8 Å². The topological polar surface area (TPSA) is 73.2 Å². The van der Waals surface area contributed by atoms with Crippen LogP contribution in [0.15, 0.2) is 67.3 Å². The Kier molecular flexibility index (Phi) is 8.65. The van der Waals surface area contributed by atoms with Crippen LogP contribution < -0.4 is 5.32 Å². The maximum absolute atomic E-state index is 13.5. The zero-order chi connectivity index (χ0) is 24.6. The Hall–Kier alpha value is -3.39. The number of ether oxygens (including phenoxy) is 1. The number of nitrogens with one attached hydrogen (secondary N) is 1. The maximum Gasteiger partial charge on any atom is 0.331 e. The minimum Gasteiger partial charge on any atom is -0.467 e. The molecule has 6 nitrogen and oxygen atoms in total. The number of carbonyl (C=O) groups excluding carboxylic acids is 2. The summed E-state index contributed by atoms with van der Waals surface area (Å²) in [7, 11) is 1.31. The fourth-order valence-corrected chi connectivity index (χ4v) is 4.11. The number of hydrogen-bond acceptors (Lipinski definition) is 5. The standard InChI is InChI=1S/C26H28FN3O3S/c1-26(11-14-34-3,25(32)33-2)29-24(31)21-6-4-5-19(15-21)16-22(17-30-13-12-28-18-30)20-7-9-23(27)10-8-20/h4-10,12-13,15-16,18H,11,14,17H2,1-3H3,(H,29,31)/b22-16-/t26-/m0/s1. The van der Waals surface area contributed by atoms with Gasteiger partial charge in [-0.25, -0.2) is 14.2 Å². The van der Waals surface area contributed by atoms with Crippen molar-refractivity contribution in [1.82, 2.24) is 14.9 Å². The smallest absolute Gasteiger partial charge is 0.331 e. The Morgan fingerprint density at radius 3 is 2.62 bits per heavy atom. The molecule has 0 radical (unpaired) electrons. The number of methoxy groups -OCH3 is 1. The molecule has 0 saturated heterocycles. The molecule has 0 unspecified atom stereocenters. The van der Waals surface area contributed by atoms with Crippen LogP contribution in [0.25, 0.3) is 11.6 Å². The minimum absolute atomic E-state index is 0.306. The molecule has 34 heavy (non-hydrogen) atoms. The first-order valence-electron chi connectivity index (χ1n) is 10.8. The first kappa shape index (κ1) is 25.2. The Labute approximate surface area is 203 Å². The molecule has 1 N–H and O–H groups in total. The lowest BCUT2D eigenvalue weighted by atomic mass is 9.97. The minimum atomic E-state index is -1.12. The molecule has 0 saturated carbocycles. The Balaban J connectivity index is 1.90. The molecule has 2 aromatic carbocycles.